The molecule has 0 bridgehead atoms. The van der Waals surface area contributed by atoms with E-state index in [1.165, 1.54) is 23.3 Å². The average Bonchev–Trinajstić information content (AvgIpc) is 2.62. The Morgan fingerprint density at radius 1 is 1.12 bits per heavy atom. The first-order valence-electron chi connectivity index (χ1n) is 8.81. The molecule has 2 aliphatic heterocycles. The number of benzene rings is 2. The van der Waals surface area contributed by atoms with Crippen LogP contribution in [0.25, 0.3) is 0 Å². The van der Waals surface area contributed by atoms with E-state index in [2.05, 4.69) is 39.5 Å². The lowest BCUT2D eigenvalue weighted by Gasteiger charge is -2.39. The second-order valence-electron chi connectivity index (χ2n) is 6.40. The molecule has 0 aliphatic carbocycles. The smallest absolute Gasteiger partial charge is 0.289 e. The van der Waals surface area contributed by atoms with Crippen LogP contribution in [-0.2, 0) is 11.2 Å². The van der Waals surface area contributed by atoms with Crippen molar-refractivity contribution in [2.45, 2.75) is 18.9 Å². The first-order chi connectivity index (χ1) is 12.3. The van der Waals surface area contributed by atoms with E-state index < -0.39 is 0 Å². The first kappa shape index (κ1) is 16.1. The maximum Gasteiger partial charge on any atom is 0.289 e. The molecule has 0 amide bonds. The van der Waals surface area contributed by atoms with Crippen LogP contribution in [0, 0.1) is 5.82 Å². The Bertz CT molecular complexity index is 760. The molecule has 4 nitrogen and oxygen atoms in total. The van der Waals surface area contributed by atoms with Crippen LogP contribution >= 0.6 is 0 Å². The molecule has 5 heteroatoms. The van der Waals surface area contributed by atoms with E-state index >= 15 is 0 Å². The second kappa shape index (κ2) is 7.23. The van der Waals surface area contributed by atoms with Crippen molar-refractivity contribution in [2.75, 3.05) is 26.4 Å². The van der Waals surface area contributed by atoms with E-state index in [1.807, 2.05) is 12.1 Å². The predicted octanol–water partition coefficient (Wildman–Crippen LogP) is 3.10. The van der Waals surface area contributed by atoms with Gasteiger partial charge in [0.2, 0.25) is 0 Å². The maximum absolute atomic E-state index is 13.4. The third-order valence-corrected chi connectivity index (χ3v) is 4.78. The number of halogens is 1. The van der Waals surface area contributed by atoms with Gasteiger partial charge in [0, 0.05) is 13.1 Å². The molecule has 0 unspecified atom stereocenters. The molecule has 0 fully saturated rings. The molecule has 2 aromatic rings. The minimum atomic E-state index is -0.219. The number of amidine groups is 1. The second-order valence-corrected chi connectivity index (χ2v) is 6.40. The number of ether oxygens (including phenoxy) is 1. The highest BCUT2D eigenvalue weighted by Gasteiger charge is 2.32. The van der Waals surface area contributed by atoms with Gasteiger partial charge in [0.05, 0.1) is 6.04 Å². The van der Waals surface area contributed by atoms with Gasteiger partial charge in [-0.3, -0.25) is 5.32 Å². The van der Waals surface area contributed by atoms with Crippen LogP contribution in [0.5, 0.6) is 0 Å². The number of aliphatic imine (C=N–C) groups is 1. The lowest BCUT2D eigenvalue weighted by atomic mass is 9.88. The van der Waals surface area contributed by atoms with Crippen molar-refractivity contribution in [1.29, 1.82) is 0 Å². The minimum Gasteiger partial charge on any atom is -0.449 e. The molecule has 0 spiro atoms. The number of hydrogen-bond acceptors (Lipinski definition) is 4. The summed E-state index contributed by atoms with van der Waals surface area (Å²) in [6, 6.07) is 15.9. The Morgan fingerprint density at radius 3 is 2.84 bits per heavy atom. The lowest BCUT2D eigenvalue weighted by Crippen LogP contribution is -2.43. The lowest BCUT2D eigenvalue weighted by molar-refractivity contribution is 0.184. The van der Waals surface area contributed by atoms with Gasteiger partial charge in [-0.1, -0.05) is 36.4 Å². The van der Waals surface area contributed by atoms with Gasteiger partial charge in [0.25, 0.3) is 6.02 Å². The van der Waals surface area contributed by atoms with Crippen LogP contribution in [0.3, 0.4) is 0 Å². The molecule has 0 saturated heterocycles. The van der Waals surface area contributed by atoms with Gasteiger partial charge < -0.3 is 9.64 Å². The van der Waals surface area contributed by atoms with Gasteiger partial charge in [0.1, 0.15) is 12.5 Å². The topological polar surface area (TPSA) is 36.9 Å². The van der Waals surface area contributed by atoms with E-state index in [9.17, 15) is 4.39 Å². The average molecular weight is 339 g/mol. The maximum atomic E-state index is 13.4. The largest absolute Gasteiger partial charge is 0.449 e. The number of fused-ring (bicyclic) bond motifs is 1. The third kappa shape index (κ3) is 3.37. The Hall–Kier alpha value is -2.40. The Morgan fingerprint density at radius 2 is 1.96 bits per heavy atom. The van der Waals surface area contributed by atoms with Crippen molar-refractivity contribution in [3.63, 3.8) is 0 Å². The van der Waals surface area contributed by atoms with Crippen LogP contribution in [0.2, 0.25) is 0 Å². The fourth-order valence-electron chi connectivity index (χ4n) is 3.56. The van der Waals surface area contributed by atoms with Crippen molar-refractivity contribution in [2.24, 2.45) is 4.99 Å². The van der Waals surface area contributed by atoms with Crippen molar-refractivity contribution in [1.82, 2.24) is 10.2 Å². The standard InChI is InChI=1S/C20H22FN3O/c21-17-8-6-16(7-9-17)19-18-5-2-1-4-15(18)10-13-24(19)20-23-12-3-11-22-14-25-20/h1-2,4-9,19,22H,3,10-14H2/b23-20-/t19-/m0/s1. The zero-order valence-electron chi connectivity index (χ0n) is 14.1. The molecule has 1 N–H and O–H groups in total. The van der Waals surface area contributed by atoms with Crippen LogP contribution in [-0.4, -0.2) is 37.3 Å². The van der Waals surface area contributed by atoms with Crippen molar-refractivity contribution >= 4 is 6.02 Å². The first-order valence-corrected chi connectivity index (χ1v) is 8.81. The highest BCUT2D eigenvalue weighted by atomic mass is 19.1. The van der Waals surface area contributed by atoms with E-state index in [0.29, 0.717) is 12.8 Å². The molecule has 2 aromatic carbocycles. The third-order valence-electron chi connectivity index (χ3n) is 4.78. The molecule has 2 heterocycles. The molecular weight excluding hydrogens is 317 g/mol. The van der Waals surface area contributed by atoms with Gasteiger partial charge in [-0.15, -0.1) is 0 Å². The summed E-state index contributed by atoms with van der Waals surface area (Å²) in [4.78, 5) is 6.89. The molecule has 2 aliphatic rings. The number of nitrogens with zero attached hydrogens (tertiary/aromatic N) is 2. The Kier molecular flexibility index (Phi) is 4.65. The summed E-state index contributed by atoms with van der Waals surface area (Å²) >= 11 is 0. The number of nitrogens with one attached hydrogen (secondary N) is 1. The molecule has 130 valence electrons. The highest BCUT2D eigenvalue weighted by Crippen LogP contribution is 2.35. The van der Waals surface area contributed by atoms with Gasteiger partial charge in [-0.05, 0) is 48.2 Å². The van der Waals surface area contributed by atoms with Crippen LogP contribution in [0.1, 0.15) is 29.2 Å². The summed E-state index contributed by atoms with van der Waals surface area (Å²) in [6.07, 6.45) is 1.95. The Balaban J connectivity index is 1.75. The highest BCUT2D eigenvalue weighted by molar-refractivity contribution is 5.75. The zero-order chi connectivity index (χ0) is 17.1. The van der Waals surface area contributed by atoms with Crippen molar-refractivity contribution in [3.05, 3.63) is 71.0 Å². The van der Waals surface area contributed by atoms with Gasteiger partial charge in [-0.25, -0.2) is 9.38 Å². The quantitative estimate of drug-likeness (QED) is 0.867. The minimum absolute atomic E-state index is 0.0104. The van der Waals surface area contributed by atoms with Gasteiger partial charge in [-0.2, -0.15) is 0 Å². The zero-order valence-corrected chi connectivity index (χ0v) is 14.1. The van der Waals surface area contributed by atoms with E-state index in [1.54, 1.807) is 0 Å². The van der Waals surface area contributed by atoms with Crippen LogP contribution < -0.4 is 5.32 Å². The van der Waals surface area contributed by atoms with Crippen LogP contribution in [0.4, 0.5) is 4.39 Å². The summed E-state index contributed by atoms with van der Waals surface area (Å²) in [7, 11) is 0. The van der Waals surface area contributed by atoms with E-state index in [0.717, 1.165) is 38.0 Å². The fraction of sp³-hybridized carbons (Fsp3) is 0.350. The van der Waals surface area contributed by atoms with Gasteiger partial charge in [0.15, 0.2) is 0 Å². The van der Waals surface area contributed by atoms with Crippen molar-refractivity contribution < 1.29 is 9.13 Å². The predicted molar refractivity (Wildman–Crippen MR) is 96.0 cm³/mol. The number of hydrogen-bond donors (Lipinski definition) is 1. The SMILES string of the molecule is Fc1ccc([C@H]2c3ccccc3CCN2/C2=N/CCCNCO2)cc1. The summed E-state index contributed by atoms with van der Waals surface area (Å²) in [5.74, 6) is -0.219. The molecule has 25 heavy (non-hydrogen) atoms. The fourth-order valence-corrected chi connectivity index (χ4v) is 3.56. The monoisotopic (exact) mass is 339 g/mol. The summed E-state index contributed by atoms with van der Waals surface area (Å²) in [6.45, 7) is 2.96. The summed E-state index contributed by atoms with van der Waals surface area (Å²) in [5, 5.41) is 3.26. The summed E-state index contributed by atoms with van der Waals surface area (Å²) in [5.41, 5.74) is 3.62. The summed E-state index contributed by atoms with van der Waals surface area (Å²) < 4.78 is 19.3. The van der Waals surface area contributed by atoms with Crippen LogP contribution in [0.15, 0.2) is 53.5 Å². The molecule has 4 rings (SSSR count). The normalized spacial score (nSPS) is 22.8. The Labute approximate surface area is 147 Å². The van der Waals surface area contributed by atoms with Crippen molar-refractivity contribution in [3.8, 4) is 0 Å². The molecule has 0 radical (unpaired) electrons. The molecule has 1 atom stereocenters. The number of rotatable bonds is 1. The molecular formula is C20H22FN3O. The van der Waals surface area contributed by atoms with Gasteiger partial charge >= 0.3 is 0 Å². The molecule has 0 aromatic heterocycles. The van der Waals surface area contributed by atoms with E-state index in [4.69, 9.17) is 4.74 Å². The molecule has 0 saturated carbocycles. The van der Waals surface area contributed by atoms with E-state index in [-0.39, 0.29) is 11.9 Å².